The highest BCUT2D eigenvalue weighted by molar-refractivity contribution is 5.70. The molecule has 19 heavy (non-hydrogen) atoms. The van der Waals surface area contributed by atoms with Crippen molar-refractivity contribution in [3.8, 4) is 0 Å². The molecular formula is C12H19N5O2. The number of aliphatic hydroxyl groups is 1. The number of rotatable bonds is 5. The maximum absolute atomic E-state index is 11.7. The molecule has 0 amide bonds. The van der Waals surface area contributed by atoms with Gasteiger partial charge in [-0.05, 0) is 12.8 Å². The number of H-pyrrole nitrogens is 1. The van der Waals surface area contributed by atoms with Crippen LogP contribution in [0.25, 0.3) is 11.2 Å². The van der Waals surface area contributed by atoms with Gasteiger partial charge in [0.1, 0.15) is 0 Å². The van der Waals surface area contributed by atoms with E-state index in [1.54, 1.807) is 10.9 Å². The van der Waals surface area contributed by atoms with Crippen LogP contribution >= 0.6 is 0 Å². The van der Waals surface area contributed by atoms with E-state index in [0.717, 1.165) is 6.42 Å². The lowest BCUT2D eigenvalue weighted by Crippen LogP contribution is -2.24. The number of anilines is 1. The molecule has 2 aromatic heterocycles. The monoisotopic (exact) mass is 265 g/mol. The van der Waals surface area contributed by atoms with Crippen LogP contribution in [-0.4, -0.2) is 30.7 Å². The topological polar surface area (TPSA) is 110 Å². The van der Waals surface area contributed by atoms with E-state index in [9.17, 15) is 9.90 Å². The van der Waals surface area contributed by atoms with Crippen LogP contribution in [0.2, 0.25) is 0 Å². The number of aromatic nitrogens is 4. The zero-order chi connectivity index (χ0) is 14.0. The number of nitrogens with one attached hydrogen (secondary N) is 1. The van der Waals surface area contributed by atoms with Crippen molar-refractivity contribution in [3.63, 3.8) is 0 Å². The van der Waals surface area contributed by atoms with Gasteiger partial charge in [-0.15, -0.1) is 0 Å². The van der Waals surface area contributed by atoms with Gasteiger partial charge in [0, 0.05) is 12.5 Å². The van der Waals surface area contributed by atoms with Crippen LogP contribution in [0.4, 0.5) is 5.95 Å². The molecule has 2 unspecified atom stereocenters. The summed E-state index contributed by atoms with van der Waals surface area (Å²) in [5.74, 6) is 0.174. The summed E-state index contributed by atoms with van der Waals surface area (Å²) in [7, 11) is 0. The smallest absolute Gasteiger partial charge is 0.280 e. The van der Waals surface area contributed by atoms with Gasteiger partial charge in [-0.2, -0.15) is 4.98 Å². The summed E-state index contributed by atoms with van der Waals surface area (Å²) in [5, 5.41) is 9.95. The largest absolute Gasteiger partial charge is 0.393 e. The van der Waals surface area contributed by atoms with Crippen LogP contribution < -0.4 is 11.3 Å². The van der Waals surface area contributed by atoms with Crippen molar-refractivity contribution in [1.29, 1.82) is 0 Å². The Hall–Kier alpha value is -1.89. The van der Waals surface area contributed by atoms with Gasteiger partial charge in [0.15, 0.2) is 11.2 Å². The van der Waals surface area contributed by atoms with Crippen LogP contribution in [-0.2, 0) is 6.54 Å². The highest BCUT2D eigenvalue weighted by Gasteiger charge is 2.18. The van der Waals surface area contributed by atoms with Crippen molar-refractivity contribution in [2.24, 2.45) is 5.92 Å². The average molecular weight is 265 g/mol. The molecule has 7 nitrogen and oxygen atoms in total. The highest BCUT2D eigenvalue weighted by atomic mass is 16.3. The lowest BCUT2D eigenvalue weighted by atomic mass is 9.97. The van der Waals surface area contributed by atoms with Gasteiger partial charge in [-0.3, -0.25) is 9.78 Å². The minimum Gasteiger partial charge on any atom is -0.393 e. The second kappa shape index (κ2) is 5.40. The molecule has 2 atom stereocenters. The molecule has 0 spiro atoms. The first kappa shape index (κ1) is 13.5. The van der Waals surface area contributed by atoms with Gasteiger partial charge in [-0.1, -0.05) is 13.8 Å². The molecule has 0 saturated heterocycles. The normalized spacial score (nSPS) is 14.7. The Morgan fingerprint density at radius 1 is 1.47 bits per heavy atom. The molecule has 104 valence electrons. The van der Waals surface area contributed by atoms with Crippen LogP contribution in [0.5, 0.6) is 0 Å². The number of nitrogens with two attached hydrogens (primary N) is 1. The van der Waals surface area contributed by atoms with E-state index in [1.807, 2.05) is 13.8 Å². The van der Waals surface area contributed by atoms with E-state index in [2.05, 4.69) is 15.0 Å². The fraction of sp³-hybridized carbons (Fsp3) is 0.583. The maximum Gasteiger partial charge on any atom is 0.280 e. The first-order chi connectivity index (χ1) is 9.06. The van der Waals surface area contributed by atoms with Crippen molar-refractivity contribution in [1.82, 2.24) is 19.5 Å². The molecule has 0 saturated carbocycles. The van der Waals surface area contributed by atoms with Crippen molar-refractivity contribution < 1.29 is 5.11 Å². The van der Waals surface area contributed by atoms with Gasteiger partial charge in [0.05, 0.1) is 12.4 Å². The highest BCUT2D eigenvalue weighted by Crippen LogP contribution is 2.17. The summed E-state index contributed by atoms with van der Waals surface area (Å²) in [6, 6.07) is 0. The maximum atomic E-state index is 11.7. The number of nitrogen functional groups attached to an aromatic ring is 1. The fourth-order valence-corrected chi connectivity index (χ4v) is 2.21. The summed E-state index contributed by atoms with van der Waals surface area (Å²) >= 11 is 0. The molecule has 2 rings (SSSR count). The number of hydrogen-bond acceptors (Lipinski definition) is 5. The molecule has 0 aromatic carbocycles. The van der Waals surface area contributed by atoms with E-state index in [0.29, 0.717) is 18.6 Å². The summed E-state index contributed by atoms with van der Waals surface area (Å²) in [6.45, 7) is 4.54. The Kier molecular flexibility index (Phi) is 3.84. The molecule has 2 heterocycles. The predicted octanol–water partition coefficient (Wildman–Crippen LogP) is 0.499. The third-order valence-corrected chi connectivity index (χ3v) is 3.41. The molecule has 0 aliphatic rings. The Morgan fingerprint density at radius 2 is 2.21 bits per heavy atom. The third kappa shape index (κ3) is 2.60. The van der Waals surface area contributed by atoms with Crippen molar-refractivity contribution in [3.05, 3.63) is 16.7 Å². The van der Waals surface area contributed by atoms with E-state index < -0.39 is 0 Å². The van der Waals surface area contributed by atoms with E-state index in [1.165, 1.54) is 0 Å². The van der Waals surface area contributed by atoms with Gasteiger partial charge in [0.25, 0.3) is 5.56 Å². The Bertz CT molecular complexity index is 618. The SMILES string of the molecule is CCC(O)C(CC)Cn1cnc2c(=O)[nH]c(N)nc21. The molecule has 0 aliphatic heterocycles. The first-order valence-corrected chi connectivity index (χ1v) is 6.45. The van der Waals surface area contributed by atoms with Gasteiger partial charge in [-0.25, -0.2) is 4.98 Å². The predicted molar refractivity (Wildman–Crippen MR) is 72.6 cm³/mol. The molecule has 2 aromatic rings. The summed E-state index contributed by atoms with van der Waals surface area (Å²) < 4.78 is 1.77. The molecule has 0 aliphatic carbocycles. The second-order valence-electron chi connectivity index (χ2n) is 4.66. The zero-order valence-corrected chi connectivity index (χ0v) is 11.1. The summed E-state index contributed by atoms with van der Waals surface area (Å²) in [4.78, 5) is 22.2. The van der Waals surface area contributed by atoms with Crippen LogP contribution in [0, 0.1) is 5.92 Å². The number of fused-ring (bicyclic) bond motifs is 1. The Labute approximate surface area is 110 Å². The van der Waals surface area contributed by atoms with Crippen molar-refractivity contribution in [2.75, 3.05) is 5.73 Å². The van der Waals surface area contributed by atoms with Crippen molar-refractivity contribution >= 4 is 17.1 Å². The summed E-state index contributed by atoms with van der Waals surface area (Å²) in [5.41, 5.74) is 5.94. The van der Waals surface area contributed by atoms with E-state index >= 15 is 0 Å². The average Bonchev–Trinajstić information content (AvgIpc) is 2.78. The molecule has 0 bridgehead atoms. The number of aromatic amines is 1. The summed E-state index contributed by atoms with van der Waals surface area (Å²) in [6.07, 6.45) is 2.73. The molecule has 4 N–H and O–H groups in total. The number of hydrogen-bond donors (Lipinski definition) is 3. The lowest BCUT2D eigenvalue weighted by molar-refractivity contribution is 0.0918. The van der Waals surface area contributed by atoms with E-state index in [4.69, 9.17) is 5.73 Å². The van der Waals surface area contributed by atoms with Gasteiger partial charge < -0.3 is 15.4 Å². The fourth-order valence-electron chi connectivity index (χ4n) is 2.21. The number of imidazole rings is 1. The minimum absolute atomic E-state index is 0.0725. The van der Waals surface area contributed by atoms with Crippen LogP contribution in [0.15, 0.2) is 11.1 Å². The van der Waals surface area contributed by atoms with Gasteiger partial charge >= 0.3 is 0 Å². The van der Waals surface area contributed by atoms with Crippen LogP contribution in [0.1, 0.15) is 26.7 Å². The minimum atomic E-state index is -0.373. The molecule has 0 fully saturated rings. The first-order valence-electron chi connectivity index (χ1n) is 6.45. The van der Waals surface area contributed by atoms with E-state index in [-0.39, 0.29) is 29.0 Å². The number of aliphatic hydroxyl groups excluding tert-OH is 1. The standard InChI is InChI=1S/C12H19N5O2/c1-3-7(8(18)4-2)5-17-6-14-9-10(17)15-12(13)16-11(9)19/h6-8,18H,3-5H2,1-2H3,(H3,13,15,16,19). The van der Waals surface area contributed by atoms with Crippen LogP contribution in [0.3, 0.4) is 0 Å². The molecule has 7 heteroatoms. The molecular weight excluding hydrogens is 246 g/mol. The lowest BCUT2D eigenvalue weighted by Gasteiger charge is -2.20. The number of nitrogens with zero attached hydrogens (tertiary/aromatic N) is 3. The van der Waals surface area contributed by atoms with Gasteiger partial charge in [0.2, 0.25) is 5.95 Å². The van der Waals surface area contributed by atoms with Crippen molar-refractivity contribution in [2.45, 2.75) is 39.3 Å². The third-order valence-electron chi connectivity index (χ3n) is 3.41. The second-order valence-corrected chi connectivity index (χ2v) is 4.66. The quantitative estimate of drug-likeness (QED) is 0.729. The Morgan fingerprint density at radius 3 is 2.84 bits per heavy atom. The zero-order valence-electron chi connectivity index (χ0n) is 11.1. The molecule has 0 radical (unpaired) electrons. The Balaban J connectivity index is 2.38.